The first kappa shape index (κ1) is 15.3. The highest BCUT2D eigenvalue weighted by Crippen LogP contribution is 2.34. The minimum atomic E-state index is -0.700. The predicted molar refractivity (Wildman–Crippen MR) is 72.1 cm³/mol. The third kappa shape index (κ3) is 2.80. The molecule has 0 aromatic rings. The fourth-order valence-electron chi connectivity index (χ4n) is 1.71. The van der Waals surface area contributed by atoms with Crippen molar-refractivity contribution < 1.29 is 19.2 Å². The second-order valence-electron chi connectivity index (χ2n) is 4.04. The Morgan fingerprint density at radius 3 is 1.35 bits per heavy atom. The molecule has 1 rings (SSSR count). The maximum absolute atomic E-state index is 11.9. The number of amides is 4. The van der Waals surface area contributed by atoms with E-state index in [1.165, 1.54) is 0 Å². The quantitative estimate of drug-likeness (QED) is 0.721. The van der Waals surface area contributed by atoms with Gasteiger partial charge >= 0.3 is 0 Å². The van der Waals surface area contributed by atoms with Gasteiger partial charge in [-0.15, -0.1) is 0 Å². The Bertz CT molecular complexity index is 557. The average molecular weight is 274 g/mol. The molecule has 0 unspecified atom stereocenters. The van der Waals surface area contributed by atoms with Crippen molar-refractivity contribution in [1.29, 1.82) is 0 Å². The molecule has 2 N–H and O–H groups in total. The van der Waals surface area contributed by atoms with Gasteiger partial charge in [-0.25, -0.2) is 0 Å². The maximum Gasteiger partial charge on any atom is 0.259 e. The lowest BCUT2D eigenvalue weighted by Crippen LogP contribution is -2.39. The van der Waals surface area contributed by atoms with Gasteiger partial charge in [0.05, 0.1) is 11.1 Å². The highest BCUT2D eigenvalue weighted by Gasteiger charge is 2.33. The summed E-state index contributed by atoms with van der Waals surface area (Å²) in [6, 6.07) is 0. The smallest absolute Gasteiger partial charge is 0.259 e. The summed E-state index contributed by atoms with van der Waals surface area (Å²) < 4.78 is 0. The number of nitrogens with one attached hydrogen (secondary N) is 2. The van der Waals surface area contributed by atoms with Crippen LogP contribution in [0.4, 0.5) is 0 Å². The Hall–Kier alpha value is -2.76. The van der Waals surface area contributed by atoms with Gasteiger partial charge in [-0.2, -0.15) is 0 Å². The van der Waals surface area contributed by atoms with E-state index < -0.39 is 23.6 Å². The number of rotatable bonds is 4. The van der Waals surface area contributed by atoms with Crippen molar-refractivity contribution >= 4 is 23.6 Å². The first-order chi connectivity index (χ1) is 9.33. The zero-order valence-corrected chi connectivity index (χ0v) is 11.2. The van der Waals surface area contributed by atoms with Crippen molar-refractivity contribution in [3.63, 3.8) is 0 Å². The second-order valence-corrected chi connectivity index (χ2v) is 4.04. The van der Waals surface area contributed by atoms with E-state index in [9.17, 15) is 19.2 Å². The summed E-state index contributed by atoms with van der Waals surface area (Å²) in [6.45, 7) is 9.75. The summed E-state index contributed by atoms with van der Waals surface area (Å²) in [7, 11) is 0. The van der Waals surface area contributed by atoms with E-state index in [0.29, 0.717) is 11.1 Å². The van der Waals surface area contributed by atoms with Gasteiger partial charge in [0.2, 0.25) is 11.8 Å². The molecular weight excluding hydrogens is 260 g/mol. The van der Waals surface area contributed by atoms with E-state index in [1.807, 2.05) is 0 Å². The molecule has 1 aliphatic carbocycles. The van der Waals surface area contributed by atoms with E-state index in [2.05, 4.69) is 23.8 Å². The summed E-state index contributed by atoms with van der Waals surface area (Å²) in [6.07, 6.45) is 1.90. The number of hydrogen-bond acceptors (Lipinski definition) is 4. The van der Waals surface area contributed by atoms with Crippen molar-refractivity contribution in [1.82, 2.24) is 10.6 Å². The van der Waals surface area contributed by atoms with E-state index in [-0.39, 0.29) is 11.1 Å². The Morgan fingerprint density at radius 2 is 1.10 bits per heavy atom. The van der Waals surface area contributed by atoms with Crippen LogP contribution >= 0.6 is 0 Å². The largest absolute Gasteiger partial charge is 0.289 e. The molecule has 104 valence electrons. The zero-order chi connectivity index (χ0) is 15.4. The molecule has 0 fully saturated rings. The Morgan fingerprint density at radius 1 is 0.800 bits per heavy atom. The molecule has 0 bridgehead atoms. The van der Waals surface area contributed by atoms with Crippen LogP contribution in [0.5, 0.6) is 0 Å². The van der Waals surface area contributed by atoms with Gasteiger partial charge < -0.3 is 0 Å². The third-order valence-electron chi connectivity index (χ3n) is 2.86. The molecule has 0 aromatic carbocycles. The molecule has 0 radical (unpaired) electrons. The standard InChI is InChI=1S/C14H14N2O4/c1-5-9(17)15-13(19)11-7(3)8(4)12(11)14(20)16-10(18)6-2/h5-6H,1-2H2,3-4H3,(H,15,17,19)(H,16,18,20). The van der Waals surface area contributed by atoms with Crippen LogP contribution in [0, 0.1) is 0 Å². The monoisotopic (exact) mass is 274 g/mol. The van der Waals surface area contributed by atoms with Crippen molar-refractivity contribution in [2.24, 2.45) is 0 Å². The molecule has 0 saturated heterocycles. The molecule has 20 heavy (non-hydrogen) atoms. The van der Waals surface area contributed by atoms with Crippen LogP contribution < -0.4 is 10.6 Å². The van der Waals surface area contributed by atoms with Gasteiger partial charge in [0.15, 0.2) is 0 Å². The molecule has 0 atom stereocenters. The first-order valence-corrected chi connectivity index (χ1v) is 5.71. The second kappa shape index (κ2) is 5.92. The molecule has 0 aromatic heterocycles. The third-order valence-corrected chi connectivity index (χ3v) is 2.86. The van der Waals surface area contributed by atoms with Gasteiger partial charge in [0.25, 0.3) is 11.8 Å². The normalized spacial score (nSPS) is 13.3. The summed E-state index contributed by atoms with van der Waals surface area (Å²) in [5, 5.41) is 4.12. The van der Waals surface area contributed by atoms with Crippen LogP contribution in [-0.2, 0) is 19.2 Å². The van der Waals surface area contributed by atoms with Crippen molar-refractivity contribution in [3.05, 3.63) is 47.6 Å². The number of hydrogen-bond donors (Lipinski definition) is 2. The topological polar surface area (TPSA) is 92.3 Å². The molecule has 4 amide bonds. The molecule has 0 heterocycles. The highest BCUT2D eigenvalue weighted by atomic mass is 16.2. The lowest BCUT2D eigenvalue weighted by Gasteiger charge is -2.25. The van der Waals surface area contributed by atoms with Crippen LogP contribution in [0.1, 0.15) is 13.8 Å². The Balaban J connectivity index is 3.00. The van der Waals surface area contributed by atoms with Crippen molar-refractivity contribution in [2.45, 2.75) is 13.8 Å². The van der Waals surface area contributed by atoms with E-state index in [4.69, 9.17) is 0 Å². The molecule has 0 aliphatic heterocycles. The lowest BCUT2D eigenvalue weighted by molar-refractivity contribution is -0.128. The van der Waals surface area contributed by atoms with Crippen LogP contribution in [-0.4, -0.2) is 23.6 Å². The minimum Gasteiger partial charge on any atom is -0.289 e. The fraction of sp³-hybridized carbons (Fsp3) is 0.143. The predicted octanol–water partition coefficient (Wildman–Crippen LogP) is 0.291. The van der Waals surface area contributed by atoms with Gasteiger partial charge in [-0.1, -0.05) is 13.2 Å². The summed E-state index contributed by atoms with van der Waals surface area (Å²) in [5.74, 6) is -2.73. The molecular formula is C14H14N2O4. The fourth-order valence-corrected chi connectivity index (χ4v) is 1.71. The molecule has 1 aliphatic rings. The average Bonchev–Trinajstić information content (AvgIpc) is 2.42. The van der Waals surface area contributed by atoms with E-state index >= 15 is 0 Å². The number of carbonyl (C=O) groups is 4. The van der Waals surface area contributed by atoms with Crippen LogP contribution in [0.2, 0.25) is 0 Å². The van der Waals surface area contributed by atoms with Gasteiger partial charge in [-0.3, -0.25) is 29.8 Å². The SMILES string of the molecule is C=CC(=O)NC(=O)C1=C(C(=O)NC(=O)C=C)C(C)=C1C. The molecule has 6 nitrogen and oxygen atoms in total. The van der Waals surface area contributed by atoms with Crippen molar-refractivity contribution in [3.8, 4) is 0 Å². The maximum atomic E-state index is 11.9. The van der Waals surface area contributed by atoms with Crippen LogP contribution in [0.25, 0.3) is 0 Å². The summed E-state index contributed by atoms with van der Waals surface area (Å²) in [4.78, 5) is 45.9. The highest BCUT2D eigenvalue weighted by molar-refractivity contribution is 6.20. The summed E-state index contributed by atoms with van der Waals surface area (Å²) >= 11 is 0. The van der Waals surface area contributed by atoms with Crippen molar-refractivity contribution in [2.75, 3.05) is 0 Å². The van der Waals surface area contributed by atoms with Gasteiger partial charge in [-0.05, 0) is 37.1 Å². The number of carbonyl (C=O) groups excluding carboxylic acids is 4. The Kier molecular flexibility index (Phi) is 4.53. The van der Waals surface area contributed by atoms with Gasteiger partial charge in [0.1, 0.15) is 0 Å². The van der Waals surface area contributed by atoms with Gasteiger partial charge in [0, 0.05) is 0 Å². The summed E-state index contributed by atoms with van der Waals surface area (Å²) in [5.41, 5.74) is 1.37. The molecule has 0 saturated carbocycles. The lowest BCUT2D eigenvalue weighted by atomic mass is 9.81. The first-order valence-electron chi connectivity index (χ1n) is 5.71. The Labute approximate surface area is 115 Å². The number of imide groups is 2. The molecule has 6 heteroatoms. The van der Waals surface area contributed by atoms with E-state index in [1.54, 1.807) is 13.8 Å². The van der Waals surface area contributed by atoms with E-state index in [0.717, 1.165) is 12.2 Å². The van der Waals surface area contributed by atoms with Crippen LogP contribution in [0.15, 0.2) is 47.6 Å². The molecule has 0 spiro atoms. The van der Waals surface area contributed by atoms with Crippen LogP contribution in [0.3, 0.4) is 0 Å². The zero-order valence-electron chi connectivity index (χ0n) is 11.2. The minimum absolute atomic E-state index is 0.0899.